The predicted octanol–water partition coefficient (Wildman–Crippen LogP) is 5.22. The Hall–Kier alpha value is -1.16. The zero-order valence-corrected chi connectivity index (χ0v) is 9.96. The zero-order chi connectivity index (χ0) is 20.2. The van der Waals surface area contributed by atoms with Crippen LogP contribution < -0.4 is 0 Å². The summed E-state index contributed by atoms with van der Waals surface area (Å²) in [7, 11) is 0. The van der Waals surface area contributed by atoms with Crippen molar-refractivity contribution in [2.75, 3.05) is 0 Å². The molecule has 0 aliphatic heterocycles. The van der Waals surface area contributed by atoms with Gasteiger partial charge in [-0.25, -0.2) is 0 Å². The molecule has 0 aromatic carbocycles. The van der Waals surface area contributed by atoms with E-state index >= 15 is 0 Å². The Morgan fingerprint density at radius 3 is 0.875 bits per heavy atom. The van der Waals surface area contributed by atoms with Gasteiger partial charge in [0.05, 0.1) is 0 Å². The topological polar surface area (TPSA) is 9.23 Å². The third-order valence-electron chi connectivity index (χ3n) is 2.11. The summed E-state index contributed by atoms with van der Waals surface area (Å²) in [4.78, 5) is 0. The van der Waals surface area contributed by atoms with Crippen LogP contribution in [0.25, 0.3) is 0 Å². The second-order valence-electron chi connectivity index (χ2n) is 3.86. The number of hydrogen-bond donors (Lipinski definition) is 0. The number of hydrogen-bond acceptors (Lipinski definition) is 1. The molecule has 0 heterocycles. The van der Waals surface area contributed by atoms with Crippen molar-refractivity contribution in [3.8, 4) is 0 Å². The van der Waals surface area contributed by atoms with Crippen LogP contribution in [-0.2, 0) is 4.74 Å². The molecule has 0 bridgehead atoms. The van der Waals surface area contributed by atoms with Crippen molar-refractivity contribution in [2.45, 2.75) is 42.3 Å². The molecule has 0 radical (unpaired) electrons. The van der Waals surface area contributed by atoms with Crippen molar-refractivity contribution < 1.29 is 75.0 Å². The van der Waals surface area contributed by atoms with Gasteiger partial charge in [0.25, 0.3) is 0 Å². The van der Waals surface area contributed by atoms with Gasteiger partial charge in [0.15, 0.2) is 0 Å². The summed E-state index contributed by atoms with van der Waals surface area (Å²) in [5.74, 6) is -23.7. The van der Waals surface area contributed by atoms with Crippen LogP contribution in [0, 0.1) is 0 Å². The summed E-state index contributed by atoms with van der Waals surface area (Å²) in [6.45, 7) is 0. The molecule has 0 aliphatic carbocycles. The fourth-order valence-electron chi connectivity index (χ4n) is 0.888. The van der Waals surface area contributed by atoms with Gasteiger partial charge in [-0.3, -0.25) is 4.74 Å². The molecule has 0 aliphatic rings. The SMILES string of the molecule is FC(F)(F)C(F)(F)C(F)(F)OC(F)(C(F)(F)F)C(F)(F)C(F)(F)F. The second-order valence-corrected chi connectivity index (χ2v) is 3.86. The van der Waals surface area contributed by atoms with E-state index in [9.17, 15) is 70.2 Å². The van der Waals surface area contributed by atoms with Gasteiger partial charge in [-0.1, -0.05) is 0 Å². The van der Waals surface area contributed by atoms with Crippen LogP contribution in [0.2, 0.25) is 0 Å². The maximum Gasteiger partial charge on any atom is 0.462 e. The summed E-state index contributed by atoms with van der Waals surface area (Å²) in [5, 5.41) is 0. The molecule has 1 atom stereocenters. The molecular formula is C7F16O. The highest BCUT2D eigenvalue weighted by atomic mass is 19.4. The van der Waals surface area contributed by atoms with Crippen LogP contribution in [0.1, 0.15) is 0 Å². The fourth-order valence-corrected chi connectivity index (χ4v) is 0.888. The summed E-state index contributed by atoms with van der Waals surface area (Å²) < 4.78 is 195. The Morgan fingerprint density at radius 2 is 0.667 bits per heavy atom. The minimum absolute atomic E-state index is 1.11. The summed E-state index contributed by atoms with van der Waals surface area (Å²) in [5.41, 5.74) is 0. The minimum atomic E-state index is -7.97. The van der Waals surface area contributed by atoms with E-state index in [4.69, 9.17) is 0 Å². The highest BCUT2D eigenvalue weighted by molar-refractivity contribution is 5.00. The predicted molar refractivity (Wildman–Crippen MR) is 37.9 cm³/mol. The molecule has 1 nitrogen and oxygen atoms in total. The Bertz CT molecular complexity index is 453. The smallest absolute Gasteiger partial charge is 0.264 e. The van der Waals surface area contributed by atoms with Crippen LogP contribution in [0.4, 0.5) is 70.2 Å². The molecule has 0 spiro atoms. The monoisotopic (exact) mass is 404 g/mol. The van der Waals surface area contributed by atoms with E-state index in [1.165, 1.54) is 0 Å². The lowest BCUT2D eigenvalue weighted by Crippen LogP contribution is -2.68. The van der Waals surface area contributed by atoms with Gasteiger partial charge in [-0.05, 0) is 0 Å². The van der Waals surface area contributed by atoms with Crippen molar-refractivity contribution in [2.24, 2.45) is 0 Å². The van der Waals surface area contributed by atoms with E-state index < -0.39 is 42.3 Å². The molecule has 1 unspecified atom stereocenters. The lowest BCUT2D eigenvalue weighted by molar-refractivity contribution is -0.526. The van der Waals surface area contributed by atoms with E-state index in [-0.39, 0.29) is 0 Å². The Kier molecular flexibility index (Phi) is 5.16. The van der Waals surface area contributed by atoms with E-state index in [1.54, 1.807) is 0 Å². The van der Waals surface area contributed by atoms with Gasteiger partial charge >= 0.3 is 42.3 Å². The first-order chi connectivity index (χ1) is 9.96. The molecular weight excluding hydrogens is 404 g/mol. The average molecular weight is 404 g/mol. The third kappa shape index (κ3) is 3.30. The quantitative estimate of drug-likeness (QED) is 0.585. The highest BCUT2D eigenvalue weighted by Crippen LogP contribution is 2.58. The number of alkyl halides is 16. The van der Waals surface area contributed by atoms with Crippen LogP contribution in [-0.4, -0.2) is 42.3 Å². The van der Waals surface area contributed by atoms with Crippen molar-refractivity contribution in [3.63, 3.8) is 0 Å². The first-order valence-corrected chi connectivity index (χ1v) is 4.68. The molecule has 0 aromatic rings. The number of ether oxygens (including phenoxy) is 1. The highest BCUT2D eigenvalue weighted by Gasteiger charge is 2.87. The summed E-state index contributed by atoms with van der Waals surface area (Å²) in [6.07, 6.45) is -30.7. The van der Waals surface area contributed by atoms with E-state index in [1.807, 2.05) is 0 Å². The fraction of sp³-hybridized carbons (Fsp3) is 1.00. The molecule has 24 heavy (non-hydrogen) atoms. The normalized spacial score (nSPS) is 18.5. The molecule has 0 aromatic heterocycles. The van der Waals surface area contributed by atoms with Gasteiger partial charge in [0, 0.05) is 0 Å². The Balaban J connectivity index is 6.31. The molecule has 0 N–H and O–H groups in total. The first kappa shape index (κ1) is 22.8. The van der Waals surface area contributed by atoms with Crippen LogP contribution in [0.5, 0.6) is 0 Å². The number of halogens is 16. The van der Waals surface area contributed by atoms with Crippen molar-refractivity contribution in [1.29, 1.82) is 0 Å². The van der Waals surface area contributed by atoms with Crippen molar-refractivity contribution >= 4 is 0 Å². The van der Waals surface area contributed by atoms with E-state index in [0.29, 0.717) is 0 Å². The molecule has 0 rings (SSSR count). The van der Waals surface area contributed by atoms with Gasteiger partial charge in [-0.15, -0.1) is 0 Å². The van der Waals surface area contributed by atoms with Gasteiger partial charge in [-0.2, -0.15) is 70.2 Å². The lowest BCUT2D eigenvalue weighted by Gasteiger charge is -2.38. The molecule has 0 saturated heterocycles. The van der Waals surface area contributed by atoms with Gasteiger partial charge in [0.1, 0.15) is 0 Å². The van der Waals surface area contributed by atoms with E-state index in [2.05, 4.69) is 0 Å². The molecule has 146 valence electrons. The third-order valence-corrected chi connectivity index (χ3v) is 2.11. The second kappa shape index (κ2) is 5.42. The first-order valence-electron chi connectivity index (χ1n) is 4.68. The molecule has 0 fully saturated rings. The molecule has 17 heteroatoms. The summed E-state index contributed by atoms with van der Waals surface area (Å²) in [6, 6.07) is 0. The van der Waals surface area contributed by atoms with Gasteiger partial charge < -0.3 is 0 Å². The standard InChI is InChI=1S/C7F16O/c8-1(9,4(13,14)15)3(12,6(19,20)21)24-7(22,23)2(10,11)5(16,17)18. The Labute approximate surface area is 119 Å². The Morgan fingerprint density at radius 1 is 0.375 bits per heavy atom. The van der Waals surface area contributed by atoms with E-state index in [0.717, 1.165) is 4.74 Å². The van der Waals surface area contributed by atoms with Crippen LogP contribution >= 0.6 is 0 Å². The summed E-state index contributed by atoms with van der Waals surface area (Å²) >= 11 is 0. The van der Waals surface area contributed by atoms with Crippen LogP contribution in [0.15, 0.2) is 0 Å². The molecule has 0 saturated carbocycles. The van der Waals surface area contributed by atoms with Crippen molar-refractivity contribution in [1.82, 2.24) is 0 Å². The largest absolute Gasteiger partial charge is 0.462 e. The van der Waals surface area contributed by atoms with Crippen molar-refractivity contribution in [3.05, 3.63) is 0 Å². The minimum Gasteiger partial charge on any atom is -0.264 e. The maximum atomic E-state index is 13.0. The average Bonchev–Trinajstić information content (AvgIpc) is 2.22. The zero-order valence-electron chi connectivity index (χ0n) is 9.96. The maximum absolute atomic E-state index is 13.0. The number of rotatable bonds is 4. The molecule has 0 amide bonds. The lowest BCUT2D eigenvalue weighted by atomic mass is 10.1. The van der Waals surface area contributed by atoms with Crippen LogP contribution in [0.3, 0.4) is 0 Å². The van der Waals surface area contributed by atoms with Gasteiger partial charge in [0.2, 0.25) is 0 Å².